The average molecular weight is 295 g/mol. The minimum absolute atomic E-state index is 0.0235. The number of aliphatic carboxylic acids is 1. The quantitative estimate of drug-likeness (QED) is 0.729. The van der Waals surface area contributed by atoms with E-state index in [0.29, 0.717) is 0 Å². The summed E-state index contributed by atoms with van der Waals surface area (Å²) in [4.78, 5) is 23.0. The van der Waals surface area contributed by atoms with Gasteiger partial charge in [0.15, 0.2) is 11.6 Å². The fourth-order valence-electron chi connectivity index (χ4n) is 2.99. The van der Waals surface area contributed by atoms with Gasteiger partial charge in [-0.15, -0.1) is 0 Å². The van der Waals surface area contributed by atoms with Crippen LogP contribution in [-0.2, 0) is 9.59 Å². The molecule has 0 aliphatic heterocycles. The van der Waals surface area contributed by atoms with Gasteiger partial charge in [-0.2, -0.15) is 0 Å². The fourth-order valence-corrected chi connectivity index (χ4v) is 2.99. The molecule has 0 radical (unpaired) electrons. The number of rotatable bonds is 5. The summed E-state index contributed by atoms with van der Waals surface area (Å²) in [5.41, 5.74) is -0.246. The molecule has 5 nitrogen and oxygen atoms in total. The van der Waals surface area contributed by atoms with E-state index in [9.17, 15) is 14.0 Å². The van der Waals surface area contributed by atoms with Crippen molar-refractivity contribution < 1.29 is 24.2 Å². The van der Waals surface area contributed by atoms with E-state index in [4.69, 9.17) is 10.2 Å². The molecular formula is C15H18FNO4. The zero-order chi connectivity index (χ0) is 15.5. The maximum Gasteiger partial charge on any atom is 0.303 e. The number of benzene rings is 1. The molecule has 0 atom stereocenters. The molecule has 1 saturated carbocycles. The lowest BCUT2D eigenvalue weighted by molar-refractivity contribution is -0.140. The first-order chi connectivity index (χ1) is 9.90. The number of carbonyl (C=O) groups is 2. The summed E-state index contributed by atoms with van der Waals surface area (Å²) in [5, 5.41) is 20.6. The highest BCUT2D eigenvalue weighted by atomic mass is 19.1. The summed E-state index contributed by atoms with van der Waals surface area (Å²) < 4.78 is 13.2. The topological polar surface area (TPSA) is 86.6 Å². The van der Waals surface area contributed by atoms with E-state index >= 15 is 0 Å². The third-order valence-corrected chi connectivity index (χ3v) is 3.96. The summed E-state index contributed by atoms with van der Waals surface area (Å²) in [6, 6.07) is 3.59. The Morgan fingerprint density at radius 3 is 2.48 bits per heavy atom. The Morgan fingerprint density at radius 1 is 1.24 bits per heavy atom. The van der Waals surface area contributed by atoms with Crippen LogP contribution >= 0.6 is 0 Å². The van der Waals surface area contributed by atoms with Gasteiger partial charge in [0.25, 0.3) is 0 Å². The highest BCUT2D eigenvalue weighted by Crippen LogP contribution is 2.44. The van der Waals surface area contributed by atoms with Crippen LogP contribution in [0.3, 0.4) is 0 Å². The highest BCUT2D eigenvalue weighted by Gasteiger charge is 2.37. The van der Waals surface area contributed by atoms with E-state index in [2.05, 4.69) is 5.32 Å². The van der Waals surface area contributed by atoms with E-state index in [1.54, 1.807) is 0 Å². The van der Waals surface area contributed by atoms with Crippen molar-refractivity contribution in [3.05, 3.63) is 24.0 Å². The summed E-state index contributed by atoms with van der Waals surface area (Å²) in [6.45, 7) is 0. The van der Waals surface area contributed by atoms with Crippen LogP contribution < -0.4 is 5.32 Å². The predicted molar refractivity (Wildman–Crippen MR) is 74.5 cm³/mol. The smallest absolute Gasteiger partial charge is 0.303 e. The molecule has 1 aromatic carbocycles. The maximum absolute atomic E-state index is 13.2. The first-order valence-electron chi connectivity index (χ1n) is 6.90. The molecule has 1 aromatic rings. The summed E-state index contributed by atoms with van der Waals surface area (Å²) in [5.74, 6) is -2.52. The van der Waals surface area contributed by atoms with Crippen LogP contribution in [-0.4, -0.2) is 22.1 Å². The summed E-state index contributed by atoms with van der Waals surface area (Å²) >= 11 is 0. The summed E-state index contributed by atoms with van der Waals surface area (Å²) in [6.07, 6.45) is 3.38. The molecule has 0 aromatic heterocycles. The van der Waals surface area contributed by atoms with Crippen molar-refractivity contribution in [2.75, 3.05) is 5.32 Å². The number of phenols is 1. The van der Waals surface area contributed by atoms with Crippen LogP contribution in [0.2, 0.25) is 0 Å². The molecule has 1 fully saturated rings. The zero-order valence-corrected chi connectivity index (χ0v) is 11.6. The van der Waals surface area contributed by atoms with Gasteiger partial charge in [0.2, 0.25) is 5.91 Å². The molecule has 3 N–H and O–H groups in total. The van der Waals surface area contributed by atoms with Crippen LogP contribution in [0.15, 0.2) is 18.2 Å². The van der Waals surface area contributed by atoms with Crippen LogP contribution in [0.4, 0.5) is 10.1 Å². The van der Waals surface area contributed by atoms with Crippen LogP contribution in [0.25, 0.3) is 0 Å². The van der Waals surface area contributed by atoms with Crippen molar-refractivity contribution >= 4 is 17.6 Å². The molecule has 21 heavy (non-hydrogen) atoms. The number of amides is 1. The second-order valence-corrected chi connectivity index (χ2v) is 5.67. The molecule has 1 aliphatic carbocycles. The number of carbonyl (C=O) groups excluding carboxylic acids is 1. The molecule has 0 spiro atoms. The van der Waals surface area contributed by atoms with Crippen molar-refractivity contribution in [1.29, 1.82) is 0 Å². The molecule has 0 heterocycles. The Hall–Kier alpha value is -2.11. The number of halogens is 1. The highest BCUT2D eigenvalue weighted by molar-refractivity contribution is 5.91. The van der Waals surface area contributed by atoms with Gasteiger partial charge in [-0.3, -0.25) is 9.59 Å². The Bertz CT molecular complexity index is 553. The Kier molecular flexibility index (Phi) is 4.45. The lowest BCUT2D eigenvalue weighted by Gasteiger charge is -2.26. The van der Waals surface area contributed by atoms with Gasteiger partial charge in [0.05, 0.1) is 6.42 Å². The number of phenolic OH excluding ortho intramolecular Hbond substituents is 1. The van der Waals surface area contributed by atoms with E-state index < -0.39 is 23.0 Å². The van der Waals surface area contributed by atoms with Crippen molar-refractivity contribution in [3.8, 4) is 5.75 Å². The van der Waals surface area contributed by atoms with Crippen molar-refractivity contribution in [1.82, 2.24) is 0 Å². The lowest BCUT2D eigenvalue weighted by Crippen LogP contribution is -2.27. The monoisotopic (exact) mass is 295 g/mol. The SMILES string of the molecule is O=C(O)CC1(CC(=O)Nc2ccc(O)c(F)c2)CCCC1. The van der Waals surface area contributed by atoms with Gasteiger partial charge in [-0.25, -0.2) is 4.39 Å². The maximum atomic E-state index is 13.2. The second kappa shape index (κ2) is 6.11. The third kappa shape index (κ3) is 3.93. The first kappa shape index (κ1) is 15.3. The molecule has 114 valence electrons. The fraction of sp³-hybridized carbons (Fsp3) is 0.467. The number of hydrogen-bond acceptors (Lipinski definition) is 3. The molecule has 1 amide bonds. The number of anilines is 1. The number of hydrogen-bond donors (Lipinski definition) is 3. The Labute approximate surface area is 121 Å². The van der Waals surface area contributed by atoms with Crippen LogP contribution in [0.1, 0.15) is 38.5 Å². The van der Waals surface area contributed by atoms with Gasteiger partial charge in [0, 0.05) is 18.2 Å². The standard InChI is InChI=1S/C15H18FNO4/c16-11-7-10(3-4-12(11)18)17-13(19)8-15(9-14(20)21)5-1-2-6-15/h3-4,7,18H,1-2,5-6,8-9H2,(H,17,19)(H,20,21). The van der Waals surface area contributed by atoms with E-state index in [-0.39, 0.29) is 24.4 Å². The molecule has 6 heteroatoms. The normalized spacial score (nSPS) is 16.6. The number of aromatic hydroxyl groups is 1. The van der Waals surface area contributed by atoms with Crippen LogP contribution in [0.5, 0.6) is 5.75 Å². The molecule has 0 unspecified atom stereocenters. The van der Waals surface area contributed by atoms with Gasteiger partial charge >= 0.3 is 5.97 Å². The van der Waals surface area contributed by atoms with Crippen molar-refractivity contribution in [2.45, 2.75) is 38.5 Å². The Morgan fingerprint density at radius 2 is 1.90 bits per heavy atom. The number of carboxylic acid groups (broad SMARTS) is 1. The predicted octanol–water partition coefficient (Wildman–Crippen LogP) is 2.90. The second-order valence-electron chi connectivity index (χ2n) is 5.67. The number of carboxylic acids is 1. The average Bonchev–Trinajstić information content (AvgIpc) is 2.80. The molecular weight excluding hydrogens is 277 g/mol. The van der Waals surface area contributed by atoms with Gasteiger partial charge < -0.3 is 15.5 Å². The van der Waals surface area contributed by atoms with Gasteiger partial charge in [-0.05, 0) is 30.4 Å². The summed E-state index contributed by atoms with van der Waals surface area (Å²) in [7, 11) is 0. The first-order valence-corrected chi connectivity index (χ1v) is 6.90. The van der Waals surface area contributed by atoms with Gasteiger partial charge in [0.1, 0.15) is 0 Å². The van der Waals surface area contributed by atoms with E-state index in [1.165, 1.54) is 6.07 Å². The molecule has 0 bridgehead atoms. The zero-order valence-electron chi connectivity index (χ0n) is 11.6. The largest absolute Gasteiger partial charge is 0.505 e. The molecule has 2 rings (SSSR count). The lowest BCUT2D eigenvalue weighted by atomic mass is 9.79. The molecule has 1 aliphatic rings. The van der Waals surface area contributed by atoms with Crippen LogP contribution in [0, 0.1) is 11.2 Å². The van der Waals surface area contributed by atoms with Crippen molar-refractivity contribution in [3.63, 3.8) is 0 Å². The third-order valence-electron chi connectivity index (χ3n) is 3.96. The van der Waals surface area contributed by atoms with E-state index in [1.807, 2.05) is 0 Å². The van der Waals surface area contributed by atoms with Gasteiger partial charge in [-0.1, -0.05) is 12.8 Å². The minimum Gasteiger partial charge on any atom is -0.505 e. The van der Waals surface area contributed by atoms with Crippen molar-refractivity contribution in [2.24, 2.45) is 5.41 Å². The molecule has 0 saturated heterocycles. The Balaban J connectivity index is 2.02. The number of nitrogens with one attached hydrogen (secondary N) is 1. The van der Waals surface area contributed by atoms with E-state index in [0.717, 1.165) is 37.8 Å². The minimum atomic E-state index is -0.902.